The van der Waals surface area contributed by atoms with Crippen molar-refractivity contribution in [1.29, 1.82) is 0 Å². The van der Waals surface area contributed by atoms with Crippen LogP contribution in [0.1, 0.15) is 37.8 Å². The Kier molecular flexibility index (Phi) is 6.98. The van der Waals surface area contributed by atoms with E-state index in [0.717, 1.165) is 31.5 Å². The number of likely N-dealkylation sites (tertiary alicyclic amines) is 1. The van der Waals surface area contributed by atoms with Crippen LogP contribution in [-0.2, 0) is 9.53 Å². The molecular weight excluding hydrogens is 374 g/mol. The molecule has 3 rings (SSSR count). The third-order valence-corrected chi connectivity index (χ3v) is 5.38. The highest BCUT2D eigenvalue weighted by atomic mass is 16.5. The molecule has 2 heterocycles. The number of nitrogens with one attached hydrogen (secondary N) is 3. The Morgan fingerprint density at radius 2 is 1.86 bits per heavy atom. The second-order valence-corrected chi connectivity index (χ2v) is 7.25. The van der Waals surface area contributed by atoms with E-state index >= 15 is 0 Å². The lowest BCUT2D eigenvalue weighted by Gasteiger charge is -2.32. The summed E-state index contributed by atoms with van der Waals surface area (Å²) in [6.45, 7) is 4.69. The van der Waals surface area contributed by atoms with Crippen LogP contribution >= 0.6 is 0 Å². The molecule has 2 aliphatic rings. The van der Waals surface area contributed by atoms with Crippen LogP contribution in [0, 0.1) is 0 Å². The molecule has 0 aliphatic carbocycles. The number of hydrogen-bond acceptors (Lipinski definition) is 5. The summed E-state index contributed by atoms with van der Waals surface area (Å²) in [6.07, 6.45) is 3.54. The van der Waals surface area contributed by atoms with Crippen LogP contribution in [0.5, 0.6) is 11.5 Å². The molecular formula is C21H30N3O5+. The van der Waals surface area contributed by atoms with E-state index in [-0.39, 0.29) is 12.6 Å². The number of esters is 1. The van der Waals surface area contributed by atoms with Crippen molar-refractivity contribution in [3.63, 3.8) is 0 Å². The molecule has 1 saturated heterocycles. The lowest BCUT2D eigenvalue weighted by Crippen LogP contribution is -3.13. The van der Waals surface area contributed by atoms with Gasteiger partial charge >= 0.3 is 12.0 Å². The molecule has 158 valence electrons. The van der Waals surface area contributed by atoms with E-state index in [9.17, 15) is 9.59 Å². The molecule has 1 atom stereocenters. The van der Waals surface area contributed by atoms with Crippen molar-refractivity contribution in [2.45, 2.75) is 32.2 Å². The first-order valence-corrected chi connectivity index (χ1v) is 10.1. The van der Waals surface area contributed by atoms with Gasteiger partial charge in [0.2, 0.25) is 0 Å². The van der Waals surface area contributed by atoms with E-state index in [1.807, 2.05) is 6.07 Å². The Bertz CT molecular complexity index is 787. The van der Waals surface area contributed by atoms with Gasteiger partial charge in [-0.15, -0.1) is 0 Å². The van der Waals surface area contributed by atoms with Gasteiger partial charge in [-0.1, -0.05) is 6.07 Å². The van der Waals surface area contributed by atoms with E-state index in [1.165, 1.54) is 11.3 Å². The van der Waals surface area contributed by atoms with Crippen molar-refractivity contribution in [1.82, 2.24) is 10.6 Å². The highest BCUT2D eigenvalue weighted by molar-refractivity contribution is 5.95. The van der Waals surface area contributed by atoms with Crippen molar-refractivity contribution in [2.24, 2.45) is 0 Å². The molecule has 29 heavy (non-hydrogen) atoms. The minimum absolute atomic E-state index is 0.263. The zero-order chi connectivity index (χ0) is 20.8. The molecule has 0 aromatic heterocycles. The molecule has 0 spiro atoms. The van der Waals surface area contributed by atoms with Crippen LogP contribution in [0.25, 0.3) is 0 Å². The number of quaternary nitrogens is 1. The molecule has 2 amide bonds. The van der Waals surface area contributed by atoms with Crippen LogP contribution in [-0.4, -0.2) is 52.5 Å². The fraction of sp³-hybridized carbons (Fsp3) is 0.524. The summed E-state index contributed by atoms with van der Waals surface area (Å²) < 4.78 is 16.0. The smallest absolute Gasteiger partial charge is 0.338 e. The average Bonchev–Trinajstić information content (AvgIpc) is 2.73. The Morgan fingerprint density at radius 1 is 1.14 bits per heavy atom. The van der Waals surface area contributed by atoms with Crippen LogP contribution < -0.4 is 25.0 Å². The maximum Gasteiger partial charge on any atom is 0.338 e. The van der Waals surface area contributed by atoms with Gasteiger partial charge in [0.1, 0.15) is 6.54 Å². The zero-order valence-corrected chi connectivity index (χ0v) is 17.3. The molecule has 8 heteroatoms. The van der Waals surface area contributed by atoms with E-state index in [4.69, 9.17) is 14.2 Å². The number of methoxy groups -OCH3 is 2. The SMILES string of the molecule is CCOC(=O)C1=C(C[NH+]2CCCCC2)NC(=O)N[C@H]1c1ccc(OC)c(OC)c1. The Hall–Kier alpha value is -2.74. The van der Waals surface area contributed by atoms with E-state index in [2.05, 4.69) is 10.6 Å². The summed E-state index contributed by atoms with van der Waals surface area (Å²) in [5.41, 5.74) is 1.80. The maximum atomic E-state index is 12.9. The van der Waals surface area contributed by atoms with Gasteiger partial charge in [0.15, 0.2) is 11.5 Å². The number of hydrogen-bond donors (Lipinski definition) is 3. The van der Waals surface area contributed by atoms with Gasteiger partial charge < -0.3 is 29.7 Å². The quantitative estimate of drug-likeness (QED) is 0.589. The van der Waals surface area contributed by atoms with Gasteiger partial charge in [-0.2, -0.15) is 0 Å². The summed E-state index contributed by atoms with van der Waals surface area (Å²) in [5.74, 6) is 0.687. The van der Waals surface area contributed by atoms with Crippen molar-refractivity contribution >= 4 is 12.0 Å². The third-order valence-electron chi connectivity index (χ3n) is 5.38. The van der Waals surface area contributed by atoms with Gasteiger partial charge in [0.25, 0.3) is 0 Å². The Morgan fingerprint density at radius 3 is 2.52 bits per heavy atom. The first-order valence-electron chi connectivity index (χ1n) is 10.1. The minimum Gasteiger partial charge on any atom is -0.493 e. The molecule has 1 aromatic carbocycles. The van der Waals surface area contributed by atoms with Gasteiger partial charge in [0.05, 0.1) is 51.2 Å². The highest BCUT2D eigenvalue weighted by Crippen LogP contribution is 2.34. The van der Waals surface area contributed by atoms with Crippen LogP contribution in [0.2, 0.25) is 0 Å². The predicted molar refractivity (Wildman–Crippen MR) is 107 cm³/mol. The van der Waals surface area contributed by atoms with Gasteiger partial charge in [0, 0.05) is 0 Å². The minimum atomic E-state index is -0.623. The lowest BCUT2D eigenvalue weighted by atomic mass is 9.94. The molecule has 1 aromatic rings. The first-order chi connectivity index (χ1) is 14.1. The summed E-state index contributed by atoms with van der Waals surface area (Å²) in [4.78, 5) is 26.7. The van der Waals surface area contributed by atoms with Gasteiger partial charge in [-0.25, -0.2) is 9.59 Å². The zero-order valence-electron chi connectivity index (χ0n) is 17.3. The normalized spacial score (nSPS) is 20.0. The number of carbonyl (C=O) groups excluding carboxylic acids is 2. The van der Waals surface area contributed by atoms with Gasteiger partial charge in [-0.05, 0) is 43.9 Å². The largest absolute Gasteiger partial charge is 0.493 e. The summed E-state index contributed by atoms with van der Waals surface area (Å²) in [5, 5.41) is 5.72. The summed E-state index contributed by atoms with van der Waals surface area (Å²) >= 11 is 0. The Labute approximate surface area is 171 Å². The predicted octanol–water partition coefficient (Wildman–Crippen LogP) is 0.944. The van der Waals surface area contributed by atoms with E-state index < -0.39 is 12.0 Å². The standard InChI is InChI=1S/C21H29N3O5/c1-4-29-20(25)18-15(13-24-10-6-5-7-11-24)22-21(26)23-19(18)14-8-9-16(27-2)17(12-14)28-3/h8-9,12,19H,4-7,10-11,13H2,1-3H3,(H2,22,23,26)/p+1/t19-/m0/s1. The topological polar surface area (TPSA) is 90.3 Å². The van der Waals surface area contributed by atoms with Crippen LogP contribution in [0.15, 0.2) is 29.5 Å². The number of amides is 2. The van der Waals surface area contributed by atoms with Crippen molar-refractivity contribution in [2.75, 3.05) is 40.5 Å². The van der Waals surface area contributed by atoms with Crippen LogP contribution in [0.4, 0.5) is 4.79 Å². The molecule has 2 aliphatic heterocycles. The molecule has 1 fully saturated rings. The van der Waals surface area contributed by atoms with Crippen molar-refractivity contribution in [3.05, 3.63) is 35.0 Å². The monoisotopic (exact) mass is 404 g/mol. The molecule has 0 bridgehead atoms. The number of piperidine rings is 1. The maximum absolute atomic E-state index is 12.9. The van der Waals surface area contributed by atoms with Crippen molar-refractivity contribution < 1.29 is 28.7 Å². The fourth-order valence-corrected chi connectivity index (χ4v) is 3.97. The third kappa shape index (κ3) is 4.82. The first kappa shape index (κ1) is 21.0. The molecule has 0 saturated carbocycles. The molecule has 0 radical (unpaired) electrons. The van der Waals surface area contributed by atoms with Crippen LogP contribution in [0.3, 0.4) is 0 Å². The average molecular weight is 404 g/mol. The molecule has 8 nitrogen and oxygen atoms in total. The van der Waals surface area contributed by atoms with Crippen molar-refractivity contribution in [3.8, 4) is 11.5 Å². The van der Waals surface area contributed by atoms with Gasteiger partial charge in [-0.3, -0.25) is 0 Å². The summed E-state index contributed by atoms with van der Waals surface area (Å²) in [7, 11) is 3.11. The number of rotatable bonds is 7. The summed E-state index contributed by atoms with van der Waals surface area (Å²) in [6, 6.07) is 4.41. The number of urea groups is 1. The second kappa shape index (κ2) is 9.65. The number of ether oxygens (including phenoxy) is 3. The number of benzene rings is 1. The molecule has 0 unspecified atom stereocenters. The fourth-order valence-electron chi connectivity index (χ4n) is 3.97. The highest BCUT2D eigenvalue weighted by Gasteiger charge is 2.35. The van der Waals surface area contributed by atoms with E-state index in [0.29, 0.717) is 29.3 Å². The second-order valence-electron chi connectivity index (χ2n) is 7.25. The van der Waals surface area contributed by atoms with E-state index in [1.54, 1.807) is 33.3 Å². The number of carbonyl (C=O) groups is 2. The lowest BCUT2D eigenvalue weighted by molar-refractivity contribution is -0.900. The molecule has 3 N–H and O–H groups in total. The Balaban J connectivity index is 2.01.